The molecule has 1 saturated carbocycles. The maximum atomic E-state index is 10.6. The average molecular weight is 337 g/mol. The smallest absolute Gasteiger partial charge is 0.201 e. The second-order valence-electron chi connectivity index (χ2n) is 7.48. The van der Waals surface area contributed by atoms with Gasteiger partial charge >= 0.3 is 0 Å². The molecule has 0 aliphatic heterocycles. The largest absolute Gasteiger partial charge is 0.378 e. The molecule has 2 nitrogen and oxygen atoms in total. The highest BCUT2D eigenvalue weighted by Gasteiger charge is 2.13. The first-order chi connectivity index (χ1) is 11.9. The minimum Gasteiger partial charge on any atom is -0.378 e. The molecular formula is C22H40O2. The van der Waals surface area contributed by atoms with Crippen molar-refractivity contribution in [2.24, 2.45) is 5.92 Å². The Kier molecular flexibility index (Phi) is 14.6. The van der Waals surface area contributed by atoms with Crippen molar-refractivity contribution in [2.75, 3.05) is 6.61 Å². The highest BCUT2D eigenvalue weighted by Crippen LogP contribution is 2.20. The molecule has 0 aromatic heterocycles. The number of hydrogen-bond donors (Lipinski definition) is 0. The summed E-state index contributed by atoms with van der Waals surface area (Å²) >= 11 is 0. The topological polar surface area (TPSA) is 26.3 Å². The van der Waals surface area contributed by atoms with Crippen LogP contribution in [0.25, 0.3) is 0 Å². The summed E-state index contributed by atoms with van der Waals surface area (Å²) in [6.07, 6.45) is 25.4. The van der Waals surface area contributed by atoms with Crippen molar-refractivity contribution in [3.8, 4) is 0 Å². The van der Waals surface area contributed by atoms with Gasteiger partial charge in [0, 0.05) is 12.5 Å². The molecule has 1 rings (SSSR count). The number of unbranched alkanes of at least 4 members (excludes halogenated alkanes) is 9. The Hall–Kier alpha value is -0.370. The van der Waals surface area contributed by atoms with E-state index in [4.69, 9.17) is 4.74 Å². The predicted octanol–water partition coefficient (Wildman–Crippen LogP) is 6.58. The van der Waals surface area contributed by atoms with Gasteiger partial charge in [-0.25, -0.2) is 0 Å². The van der Waals surface area contributed by atoms with Gasteiger partial charge in [0.05, 0.1) is 6.10 Å². The Bertz CT molecular complexity index is 271. The van der Waals surface area contributed by atoms with Crippen LogP contribution in [0, 0.1) is 12.3 Å². The Morgan fingerprint density at radius 3 is 2.00 bits per heavy atom. The first kappa shape index (κ1) is 21.7. The van der Waals surface area contributed by atoms with E-state index in [0.717, 1.165) is 19.4 Å². The number of rotatable bonds is 16. The van der Waals surface area contributed by atoms with E-state index in [2.05, 4.69) is 19.6 Å². The van der Waals surface area contributed by atoms with E-state index in [-0.39, 0.29) is 5.92 Å². The molecule has 1 aliphatic rings. The van der Waals surface area contributed by atoms with E-state index >= 15 is 0 Å². The van der Waals surface area contributed by atoms with Gasteiger partial charge in [0.2, 0.25) is 6.29 Å². The monoisotopic (exact) mass is 336 g/mol. The number of carbonyl (C=O) groups excluding carboxylic acids is 1. The van der Waals surface area contributed by atoms with Gasteiger partial charge in [-0.05, 0) is 51.4 Å². The molecule has 0 saturated heterocycles. The zero-order valence-electron chi connectivity index (χ0n) is 16.1. The first-order valence-corrected chi connectivity index (χ1v) is 10.7. The molecular weight excluding hydrogens is 296 g/mol. The van der Waals surface area contributed by atoms with Crippen molar-refractivity contribution < 1.29 is 9.53 Å². The third-order valence-corrected chi connectivity index (χ3v) is 5.35. The second kappa shape index (κ2) is 16.1. The number of ether oxygens (including phenoxy) is 1. The molecule has 24 heavy (non-hydrogen) atoms. The Morgan fingerprint density at radius 2 is 1.46 bits per heavy atom. The molecule has 1 unspecified atom stereocenters. The van der Waals surface area contributed by atoms with Crippen LogP contribution in [-0.2, 0) is 9.53 Å². The molecule has 2 heteroatoms. The van der Waals surface area contributed by atoms with Crippen LogP contribution in [0.1, 0.15) is 110 Å². The lowest BCUT2D eigenvalue weighted by molar-refractivity contribution is 0.0326. The quantitative estimate of drug-likeness (QED) is 0.298. The lowest BCUT2D eigenvalue weighted by Crippen LogP contribution is -2.17. The molecule has 0 heterocycles. The molecule has 140 valence electrons. The standard InChI is InChI=1S/C22H40O2/c1-2-21(20-23)16-12-9-7-5-3-4-6-8-10-15-19-24-22-17-13-11-14-18-22/h11,21-22H,2-10,12-19H2,1H3. The third kappa shape index (κ3) is 12.1. The molecule has 1 fully saturated rings. The van der Waals surface area contributed by atoms with Crippen molar-refractivity contribution in [3.05, 3.63) is 6.42 Å². The van der Waals surface area contributed by atoms with Crippen LogP contribution in [0.15, 0.2) is 0 Å². The number of hydrogen-bond acceptors (Lipinski definition) is 2. The van der Waals surface area contributed by atoms with Gasteiger partial charge in [-0.15, -0.1) is 0 Å². The summed E-state index contributed by atoms with van der Waals surface area (Å²) in [6, 6.07) is 0. The van der Waals surface area contributed by atoms with Crippen molar-refractivity contribution >= 4 is 6.29 Å². The Balaban J connectivity index is 1.72. The lowest BCUT2D eigenvalue weighted by atomic mass is 9.98. The zero-order valence-corrected chi connectivity index (χ0v) is 16.1. The summed E-state index contributed by atoms with van der Waals surface area (Å²) in [5.41, 5.74) is 0. The molecule has 1 atom stereocenters. The van der Waals surface area contributed by atoms with Crippen LogP contribution < -0.4 is 0 Å². The summed E-state index contributed by atoms with van der Waals surface area (Å²) in [6.45, 7) is 3.05. The van der Waals surface area contributed by atoms with Crippen LogP contribution >= 0.6 is 0 Å². The summed E-state index contributed by atoms with van der Waals surface area (Å²) < 4.78 is 5.95. The summed E-state index contributed by atoms with van der Waals surface area (Å²) in [5.74, 6) is 0.186. The van der Waals surface area contributed by atoms with E-state index < -0.39 is 0 Å². The van der Waals surface area contributed by atoms with Crippen LogP contribution in [0.5, 0.6) is 0 Å². The fourth-order valence-corrected chi connectivity index (χ4v) is 3.57. The van der Waals surface area contributed by atoms with Crippen molar-refractivity contribution in [1.29, 1.82) is 0 Å². The van der Waals surface area contributed by atoms with Gasteiger partial charge in [-0.2, -0.15) is 0 Å². The SMILES string of the molecule is CCC([C]=O)CCCCCCCCCCCCOC1CC[CH]CC1. The van der Waals surface area contributed by atoms with Crippen LogP contribution in [0.3, 0.4) is 0 Å². The molecule has 2 radical (unpaired) electrons. The molecule has 0 aromatic rings. The maximum Gasteiger partial charge on any atom is 0.201 e. The Morgan fingerprint density at radius 1 is 0.917 bits per heavy atom. The molecule has 0 bridgehead atoms. The fourth-order valence-electron chi connectivity index (χ4n) is 3.57. The van der Waals surface area contributed by atoms with Gasteiger partial charge in [0.15, 0.2) is 0 Å². The highest BCUT2D eigenvalue weighted by molar-refractivity contribution is 5.54. The normalized spacial score (nSPS) is 17.0. The molecule has 0 amide bonds. The molecule has 0 aromatic carbocycles. The van der Waals surface area contributed by atoms with Gasteiger partial charge in [-0.1, -0.05) is 64.7 Å². The van der Waals surface area contributed by atoms with Gasteiger partial charge < -0.3 is 4.74 Å². The third-order valence-electron chi connectivity index (χ3n) is 5.35. The van der Waals surface area contributed by atoms with E-state index in [0.29, 0.717) is 6.10 Å². The van der Waals surface area contributed by atoms with Crippen LogP contribution in [0.2, 0.25) is 0 Å². The van der Waals surface area contributed by atoms with Crippen molar-refractivity contribution in [3.63, 3.8) is 0 Å². The van der Waals surface area contributed by atoms with E-state index in [1.54, 1.807) is 0 Å². The van der Waals surface area contributed by atoms with Crippen LogP contribution in [-0.4, -0.2) is 19.0 Å². The molecule has 0 spiro atoms. The summed E-state index contributed by atoms with van der Waals surface area (Å²) in [4.78, 5) is 10.6. The van der Waals surface area contributed by atoms with E-state index in [1.807, 2.05) is 0 Å². The summed E-state index contributed by atoms with van der Waals surface area (Å²) in [5, 5.41) is 0. The predicted molar refractivity (Wildman–Crippen MR) is 103 cm³/mol. The van der Waals surface area contributed by atoms with E-state index in [1.165, 1.54) is 89.9 Å². The maximum absolute atomic E-state index is 10.6. The second-order valence-corrected chi connectivity index (χ2v) is 7.48. The first-order valence-electron chi connectivity index (χ1n) is 10.7. The van der Waals surface area contributed by atoms with Crippen LogP contribution in [0.4, 0.5) is 0 Å². The van der Waals surface area contributed by atoms with Gasteiger partial charge in [0.25, 0.3) is 0 Å². The Labute approximate surface area is 151 Å². The van der Waals surface area contributed by atoms with Crippen molar-refractivity contribution in [2.45, 2.75) is 116 Å². The minimum absolute atomic E-state index is 0.186. The highest BCUT2D eigenvalue weighted by atomic mass is 16.5. The van der Waals surface area contributed by atoms with Gasteiger partial charge in [0.1, 0.15) is 0 Å². The average Bonchev–Trinajstić information content (AvgIpc) is 2.63. The van der Waals surface area contributed by atoms with E-state index in [9.17, 15) is 4.79 Å². The minimum atomic E-state index is 0.186. The van der Waals surface area contributed by atoms with Gasteiger partial charge in [-0.3, -0.25) is 4.79 Å². The molecule has 1 aliphatic carbocycles. The fraction of sp³-hybridized carbons (Fsp3) is 0.909. The zero-order chi connectivity index (χ0) is 17.3. The van der Waals surface area contributed by atoms with Crippen molar-refractivity contribution in [1.82, 2.24) is 0 Å². The summed E-state index contributed by atoms with van der Waals surface area (Å²) in [7, 11) is 0. The molecule has 0 N–H and O–H groups in total. The lowest BCUT2D eigenvalue weighted by Gasteiger charge is -2.21.